The first-order valence-corrected chi connectivity index (χ1v) is 7.65. The molecule has 0 unspecified atom stereocenters. The topological polar surface area (TPSA) is 64.6 Å². The van der Waals surface area contributed by atoms with Gasteiger partial charge in [0.05, 0.1) is 25.5 Å². The second-order valence-electron chi connectivity index (χ2n) is 5.34. The summed E-state index contributed by atoms with van der Waals surface area (Å²) in [6, 6.07) is 4.50. The molecule has 2 rings (SSSR count). The molecule has 0 bridgehead atoms. The molecule has 0 N–H and O–H groups in total. The Morgan fingerprint density at radius 3 is 2.38 bits per heavy atom. The van der Waals surface area contributed by atoms with E-state index in [-0.39, 0.29) is 16.8 Å². The van der Waals surface area contributed by atoms with Crippen molar-refractivity contribution in [1.82, 2.24) is 14.9 Å². The van der Waals surface area contributed by atoms with E-state index < -0.39 is 17.9 Å². The van der Waals surface area contributed by atoms with Crippen LogP contribution in [0, 0.1) is 0 Å². The minimum atomic E-state index is -4.73. The first-order valence-electron chi connectivity index (χ1n) is 7.65. The smallest absolute Gasteiger partial charge is 0.451 e. The van der Waals surface area contributed by atoms with Gasteiger partial charge in [0.15, 0.2) is 11.5 Å². The summed E-state index contributed by atoms with van der Waals surface area (Å²) in [4.78, 5) is 20.8. The highest BCUT2D eigenvalue weighted by atomic mass is 19.4. The van der Waals surface area contributed by atoms with Gasteiger partial charge in [0.25, 0.3) is 5.91 Å². The van der Waals surface area contributed by atoms with Gasteiger partial charge in [-0.2, -0.15) is 13.2 Å². The van der Waals surface area contributed by atoms with Crippen LogP contribution in [0.25, 0.3) is 11.3 Å². The highest BCUT2D eigenvalue weighted by molar-refractivity contribution is 5.99. The number of aromatic nitrogens is 2. The fourth-order valence-corrected chi connectivity index (χ4v) is 2.23. The Labute approximate surface area is 148 Å². The first kappa shape index (κ1) is 19.5. The van der Waals surface area contributed by atoms with Gasteiger partial charge in [-0.25, -0.2) is 9.97 Å². The summed E-state index contributed by atoms with van der Waals surface area (Å²) < 4.78 is 49.4. The number of carbonyl (C=O) groups is 1. The van der Waals surface area contributed by atoms with Gasteiger partial charge in [-0.1, -0.05) is 0 Å². The molecule has 2 aromatic rings. The molecule has 0 radical (unpaired) electrons. The van der Waals surface area contributed by atoms with E-state index in [0.717, 1.165) is 6.20 Å². The number of ether oxygens (including phenoxy) is 2. The molecule has 1 amide bonds. The number of benzene rings is 1. The summed E-state index contributed by atoms with van der Waals surface area (Å²) in [6.45, 7) is 2.13. The predicted molar refractivity (Wildman–Crippen MR) is 88.2 cm³/mol. The molecule has 1 heterocycles. The van der Waals surface area contributed by atoms with E-state index in [1.165, 1.54) is 37.3 Å². The van der Waals surface area contributed by atoms with Gasteiger partial charge < -0.3 is 14.4 Å². The van der Waals surface area contributed by atoms with Crippen molar-refractivity contribution in [2.45, 2.75) is 13.1 Å². The molecule has 0 aliphatic rings. The van der Waals surface area contributed by atoms with E-state index in [1.807, 2.05) is 0 Å². The molecule has 1 aromatic carbocycles. The van der Waals surface area contributed by atoms with Crippen molar-refractivity contribution in [2.24, 2.45) is 0 Å². The number of amides is 1. The Hall–Kier alpha value is -2.84. The molecule has 140 valence electrons. The largest absolute Gasteiger partial charge is 0.493 e. The molecule has 0 saturated carbocycles. The lowest BCUT2D eigenvalue weighted by atomic mass is 10.1. The average molecular weight is 369 g/mol. The Balaban J connectivity index is 2.69. The van der Waals surface area contributed by atoms with Gasteiger partial charge in [-0.3, -0.25) is 4.79 Å². The Kier molecular flexibility index (Phi) is 5.69. The molecule has 0 fully saturated rings. The molecular formula is C17H18F3N3O3. The molecule has 0 aliphatic carbocycles. The van der Waals surface area contributed by atoms with Crippen LogP contribution in [0.5, 0.6) is 11.5 Å². The maximum Gasteiger partial charge on any atom is 0.451 e. The van der Waals surface area contributed by atoms with Crippen molar-refractivity contribution in [1.29, 1.82) is 0 Å². The van der Waals surface area contributed by atoms with Crippen molar-refractivity contribution in [3.05, 3.63) is 35.8 Å². The third-order valence-corrected chi connectivity index (χ3v) is 3.75. The molecule has 0 aliphatic heterocycles. The lowest BCUT2D eigenvalue weighted by Crippen LogP contribution is -2.27. The van der Waals surface area contributed by atoms with Gasteiger partial charge >= 0.3 is 6.18 Å². The molecule has 1 aromatic heterocycles. The molecule has 0 spiro atoms. The fourth-order valence-electron chi connectivity index (χ4n) is 2.23. The predicted octanol–water partition coefficient (Wildman–Crippen LogP) is 3.27. The standard InChI is InChI=1S/C17H18F3N3O3/c1-5-23(2)15(24)11-9-21-16(17(18,19)20)22-14(11)10-6-7-12(25-3)13(8-10)26-4/h6-9H,5H2,1-4H3. The maximum absolute atomic E-state index is 13.0. The SMILES string of the molecule is CCN(C)C(=O)c1cnc(C(F)(F)F)nc1-c1ccc(OC)c(OC)c1. The van der Waals surface area contributed by atoms with Crippen LogP contribution in [0.1, 0.15) is 23.1 Å². The number of alkyl halides is 3. The Morgan fingerprint density at radius 2 is 1.85 bits per heavy atom. The summed E-state index contributed by atoms with van der Waals surface area (Å²) in [5.41, 5.74) is 0.122. The van der Waals surface area contributed by atoms with Crippen molar-refractivity contribution in [3.8, 4) is 22.8 Å². The van der Waals surface area contributed by atoms with E-state index in [9.17, 15) is 18.0 Å². The van der Waals surface area contributed by atoms with E-state index in [0.29, 0.717) is 18.0 Å². The first-order chi connectivity index (χ1) is 12.2. The highest BCUT2D eigenvalue weighted by Crippen LogP contribution is 2.34. The Bertz CT molecular complexity index is 810. The van der Waals surface area contributed by atoms with Crippen LogP contribution in [-0.2, 0) is 6.18 Å². The van der Waals surface area contributed by atoms with E-state index >= 15 is 0 Å². The number of hydrogen-bond donors (Lipinski definition) is 0. The number of halogens is 3. The zero-order valence-corrected chi connectivity index (χ0v) is 14.7. The molecular weight excluding hydrogens is 351 g/mol. The van der Waals surface area contributed by atoms with Gasteiger partial charge in [0.2, 0.25) is 5.82 Å². The van der Waals surface area contributed by atoms with Crippen LogP contribution in [0.3, 0.4) is 0 Å². The van der Waals surface area contributed by atoms with Crippen molar-refractivity contribution in [3.63, 3.8) is 0 Å². The van der Waals surface area contributed by atoms with Crippen LogP contribution < -0.4 is 9.47 Å². The van der Waals surface area contributed by atoms with E-state index in [1.54, 1.807) is 14.0 Å². The van der Waals surface area contributed by atoms with Gasteiger partial charge in [0.1, 0.15) is 0 Å². The van der Waals surface area contributed by atoms with Gasteiger partial charge in [-0.15, -0.1) is 0 Å². The second-order valence-corrected chi connectivity index (χ2v) is 5.34. The number of nitrogens with zero attached hydrogens (tertiary/aromatic N) is 3. The lowest BCUT2D eigenvalue weighted by Gasteiger charge is -2.18. The quantitative estimate of drug-likeness (QED) is 0.809. The van der Waals surface area contributed by atoms with Gasteiger partial charge in [-0.05, 0) is 25.1 Å². The summed E-state index contributed by atoms with van der Waals surface area (Å²) in [6.07, 6.45) is -3.83. The number of methoxy groups -OCH3 is 2. The minimum absolute atomic E-state index is 0.0328. The van der Waals surface area contributed by atoms with Crippen molar-refractivity contribution >= 4 is 5.91 Å². The zero-order chi connectivity index (χ0) is 19.5. The minimum Gasteiger partial charge on any atom is -0.493 e. The third-order valence-electron chi connectivity index (χ3n) is 3.75. The van der Waals surface area contributed by atoms with Crippen molar-refractivity contribution in [2.75, 3.05) is 27.8 Å². The molecule has 26 heavy (non-hydrogen) atoms. The lowest BCUT2D eigenvalue weighted by molar-refractivity contribution is -0.144. The Morgan fingerprint density at radius 1 is 1.19 bits per heavy atom. The highest BCUT2D eigenvalue weighted by Gasteiger charge is 2.36. The summed E-state index contributed by atoms with van der Waals surface area (Å²) in [7, 11) is 4.38. The van der Waals surface area contributed by atoms with Crippen LogP contribution >= 0.6 is 0 Å². The average Bonchev–Trinajstić information content (AvgIpc) is 2.64. The van der Waals surface area contributed by atoms with Crippen LogP contribution in [0.2, 0.25) is 0 Å². The molecule has 0 atom stereocenters. The van der Waals surface area contributed by atoms with Gasteiger partial charge in [0, 0.05) is 25.4 Å². The number of hydrogen-bond acceptors (Lipinski definition) is 5. The van der Waals surface area contributed by atoms with Crippen LogP contribution in [-0.4, -0.2) is 48.6 Å². The third kappa shape index (κ3) is 3.87. The normalized spacial score (nSPS) is 11.2. The van der Waals surface area contributed by atoms with Crippen molar-refractivity contribution < 1.29 is 27.4 Å². The summed E-state index contributed by atoms with van der Waals surface area (Å²) in [5, 5.41) is 0. The summed E-state index contributed by atoms with van der Waals surface area (Å²) in [5.74, 6) is -1.09. The number of rotatable bonds is 5. The molecule has 0 saturated heterocycles. The maximum atomic E-state index is 13.0. The monoisotopic (exact) mass is 369 g/mol. The zero-order valence-electron chi connectivity index (χ0n) is 14.7. The second kappa shape index (κ2) is 7.59. The molecule has 9 heteroatoms. The van der Waals surface area contributed by atoms with E-state index in [2.05, 4.69) is 9.97 Å². The van der Waals surface area contributed by atoms with Crippen LogP contribution in [0.15, 0.2) is 24.4 Å². The van der Waals surface area contributed by atoms with E-state index in [4.69, 9.17) is 9.47 Å². The molecule has 6 nitrogen and oxygen atoms in total. The van der Waals surface area contributed by atoms with Crippen LogP contribution in [0.4, 0.5) is 13.2 Å². The number of carbonyl (C=O) groups excluding carboxylic acids is 1. The summed E-state index contributed by atoms with van der Waals surface area (Å²) >= 11 is 0. The fraction of sp³-hybridized carbons (Fsp3) is 0.353.